The Morgan fingerprint density at radius 3 is 2.29 bits per heavy atom. The molecule has 78 valence electrons. The summed E-state index contributed by atoms with van der Waals surface area (Å²) in [5.74, 6) is -2.21. The van der Waals surface area contributed by atoms with Gasteiger partial charge in [0.1, 0.15) is 0 Å². The minimum atomic E-state index is -1.01. The van der Waals surface area contributed by atoms with Crippen LogP contribution in [-0.2, 0) is 0 Å². The van der Waals surface area contributed by atoms with E-state index in [0.29, 0.717) is 6.61 Å². The van der Waals surface area contributed by atoms with E-state index in [4.69, 9.17) is 4.74 Å². The molecule has 0 aliphatic carbocycles. The lowest BCUT2D eigenvalue weighted by molar-refractivity contribution is 0.290. The third-order valence-electron chi connectivity index (χ3n) is 1.69. The van der Waals surface area contributed by atoms with Crippen LogP contribution < -0.4 is 9.47 Å². The van der Waals surface area contributed by atoms with Crippen LogP contribution in [0.25, 0.3) is 0 Å². The van der Waals surface area contributed by atoms with Crippen molar-refractivity contribution in [3.05, 3.63) is 23.8 Å². The minimum Gasteiger partial charge on any atom is -0.494 e. The number of rotatable bonds is 4. The van der Waals surface area contributed by atoms with Crippen molar-refractivity contribution in [3.63, 3.8) is 0 Å². The third-order valence-corrected chi connectivity index (χ3v) is 1.69. The van der Waals surface area contributed by atoms with Gasteiger partial charge in [-0.3, -0.25) is 0 Å². The summed E-state index contributed by atoms with van der Waals surface area (Å²) in [5, 5.41) is 0. The Labute approximate surface area is 81.4 Å². The summed E-state index contributed by atoms with van der Waals surface area (Å²) in [5.41, 5.74) is 0. The molecule has 0 saturated carbocycles. The topological polar surface area (TPSA) is 18.5 Å². The monoisotopic (exact) mass is 202 g/mol. The quantitative estimate of drug-likeness (QED) is 0.747. The Kier molecular flexibility index (Phi) is 3.68. The van der Waals surface area contributed by atoms with Crippen LogP contribution >= 0.6 is 0 Å². The van der Waals surface area contributed by atoms with Gasteiger partial charge < -0.3 is 9.47 Å². The van der Waals surface area contributed by atoms with Crippen molar-refractivity contribution in [3.8, 4) is 11.5 Å². The van der Waals surface area contributed by atoms with Gasteiger partial charge in [-0.1, -0.05) is 6.92 Å². The lowest BCUT2D eigenvalue weighted by Gasteiger charge is -2.08. The fourth-order valence-electron chi connectivity index (χ4n) is 0.995. The van der Waals surface area contributed by atoms with Crippen molar-refractivity contribution in [1.82, 2.24) is 0 Å². The molecule has 4 heteroatoms. The van der Waals surface area contributed by atoms with Crippen LogP contribution in [-0.4, -0.2) is 13.7 Å². The van der Waals surface area contributed by atoms with Crippen LogP contribution in [0.3, 0.4) is 0 Å². The Morgan fingerprint density at radius 2 is 1.71 bits per heavy atom. The molecule has 0 fully saturated rings. The molecule has 0 aliphatic heterocycles. The zero-order chi connectivity index (χ0) is 10.6. The maximum Gasteiger partial charge on any atom is 0.204 e. The average molecular weight is 202 g/mol. The SMILES string of the molecule is CCCOc1ccc(OC)c(F)c1F. The summed E-state index contributed by atoms with van der Waals surface area (Å²) >= 11 is 0. The number of benzene rings is 1. The van der Waals surface area contributed by atoms with Gasteiger partial charge in [-0.05, 0) is 18.6 Å². The molecule has 0 unspecified atom stereocenters. The zero-order valence-corrected chi connectivity index (χ0v) is 8.14. The Morgan fingerprint density at radius 1 is 1.14 bits per heavy atom. The lowest BCUT2D eigenvalue weighted by Crippen LogP contribution is -2.00. The van der Waals surface area contributed by atoms with Crippen molar-refractivity contribution in [2.75, 3.05) is 13.7 Å². The van der Waals surface area contributed by atoms with Crippen LogP contribution in [0.2, 0.25) is 0 Å². The number of halogens is 2. The van der Waals surface area contributed by atoms with Crippen molar-refractivity contribution in [2.45, 2.75) is 13.3 Å². The predicted octanol–water partition coefficient (Wildman–Crippen LogP) is 2.76. The van der Waals surface area contributed by atoms with E-state index in [0.717, 1.165) is 6.42 Å². The van der Waals surface area contributed by atoms with E-state index in [1.807, 2.05) is 6.92 Å². The molecular formula is C10H12F2O2. The van der Waals surface area contributed by atoms with E-state index >= 15 is 0 Å². The highest BCUT2D eigenvalue weighted by Crippen LogP contribution is 2.27. The molecule has 0 saturated heterocycles. The van der Waals surface area contributed by atoms with Crippen molar-refractivity contribution in [1.29, 1.82) is 0 Å². The molecule has 0 amide bonds. The molecule has 0 aliphatic rings. The van der Waals surface area contributed by atoms with Crippen LogP contribution in [0.5, 0.6) is 11.5 Å². The second-order valence-corrected chi connectivity index (χ2v) is 2.74. The maximum atomic E-state index is 13.2. The van der Waals surface area contributed by atoms with Gasteiger partial charge in [0.05, 0.1) is 13.7 Å². The first kappa shape index (κ1) is 10.8. The number of ether oxygens (including phenoxy) is 2. The number of hydrogen-bond donors (Lipinski definition) is 0. The normalized spacial score (nSPS) is 10.0. The summed E-state index contributed by atoms with van der Waals surface area (Å²) < 4.78 is 35.9. The van der Waals surface area contributed by atoms with Crippen LogP contribution in [0.15, 0.2) is 12.1 Å². The molecular weight excluding hydrogens is 190 g/mol. The summed E-state index contributed by atoms with van der Waals surface area (Å²) in [4.78, 5) is 0. The summed E-state index contributed by atoms with van der Waals surface area (Å²) in [6.45, 7) is 2.25. The number of hydrogen-bond acceptors (Lipinski definition) is 2. The fourth-order valence-corrected chi connectivity index (χ4v) is 0.995. The van der Waals surface area contributed by atoms with E-state index < -0.39 is 11.6 Å². The molecule has 0 radical (unpaired) electrons. The molecule has 0 heterocycles. The Bertz CT molecular complexity index is 313. The second-order valence-electron chi connectivity index (χ2n) is 2.74. The summed E-state index contributed by atoms with van der Waals surface area (Å²) in [7, 11) is 1.28. The predicted molar refractivity (Wildman–Crippen MR) is 48.7 cm³/mol. The molecule has 0 N–H and O–H groups in total. The first-order chi connectivity index (χ1) is 6.70. The van der Waals surface area contributed by atoms with Gasteiger partial charge in [0.2, 0.25) is 11.6 Å². The zero-order valence-electron chi connectivity index (χ0n) is 8.14. The molecule has 2 nitrogen and oxygen atoms in total. The molecule has 1 aromatic carbocycles. The third kappa shape index (κ3) is 2.13. The van der Waals surface area contributed by atoms with E-state index in [1.54, 1.807) is 0 Å². The van der Waals surface area contributed by atoms with Gasteiger partial charge in [0, 0.05) is 0 Å². The molecule has 0 atom stereocenters. The first-order valence-electron chi connectivity index (χ1n) is 4.35. The second kappa shape index (κ2) is 4.79. The largest absolute Gasteiger partial charge is 0.494 e. The Hall–Kier alpha value is -1.32. The van der Waals surface area contributed by atoms with Gasteiger partial charge in [0.25, 0.3) is 0 Å². The summed E-state index contributed by atoms with van der Waals surface area (Å²) in [6.07, 6.45) is 0.743. The molecule has 0 spiro atoms. The van der Waals surface area contributed by atoms with E-state index in [1.165, 1.54) is 19.2 Å². The minimum absolute atomic E-state index is 0.0786. The van der Waals surface area contributed by atoms with Crippen molar-refractivity contribution >= 4 is 0 Å². The highest BCUT2D eigenvalue weighted by Gasteiger charge is 2.14. The Balaban J connectivity index is 2.92. The maximum absolute atomic E-state index is 13.2. The van der Waals surface area contributed by atoms with Crippen LogP contribution in [0, 0.1) is 11.6 Å². The van der Waals surface area contributed by atoms with Crippen molar-refractivity contribution in [2.24, 2.45) is 0 Å². The highest BCUT2D eigenvalue weighted by molar-refractivity contribution is 5.34. The molecule has 1 rings (SSSR count). The average Bonchev–Trinajstić information content (AvgIpc) is 2.20. The smallest absolute Gasteiger partial charge is 0.204 e. The standard InChI is InChI=1S/C10H12F2O2/c1-3-6-14-8-5-4-7(13-2)9(11)10(8)12/h4-5H,3,6H2,1-2H3. The van der Waals surface area contributed by atoms with Crippen LogP contribution in [0.1, 0.15) is 13.3 Å². The highest BCUT2D eigenvalue weighted by atomic mass is 19.2. The molecule has 0 bridgehead atoms. The summed E-state index contributed by atoms with van der Waals surface area (Å²) in [6, 6.07) is 2.69. The first-order valence-corrected chi connectivity index (χ1v) is 4.35. The van der Waals surface area contributed by atoms with E-state index in [2.05, 4.69) is 4.74 Å². The van der Waals surface area contributed by atoms with Gasteiger partial charge in [-0.2, -0.15) is 8.78 Å². The lowest BCUT2D eigenvalue weighted by atomic mass is 10.3. The van der Waals surface area contributed by atoms with Gasteiger partial charge in [-0.25, -0.2) is 0 Å². The van der Waals surface area contributed by atoms with Gasteiger partial charge in [-0.15, -0.1) is 0 Å². The molecule has 14 heavy (non-hydrogen) atoms. The fraction of sp³-hybridized carbons (Fsp3) is 0.400. The van der Waals surface area contributed by atoms with E-state index in [-0.39, 0.29) is 11.5 Å². The molecule has 1 aromatic rings. The molecule has 0 aromatic heterocycles. The van der Waals surface area contributed by atoms with Gasteiger partial charge in [0.15, 0.2) is 11.5 Å². The van der Waals surface area contributed by atoms with Crippen molar-refractivity contribution < 1.29 is 18.3 Å². The number of methoxy groups -OCH3 is 1. The van der Waals surface area contributed by atoms with Gasteiger partial charge >= 0.3 is 0 Å². The van der Waals surface area contributed by atoms with E-state index in [9.17, 15) is 8.78 Å². The van der Waals surface area contributed by atoms with Crippen LogP contribution in [0.4, 0.5) is 8.78 Å².